The van der Waals surface area contributed by atoms with Gasteiger partial charge in [-0.3, -0.25) is 38.5 Å². The third-order valence-corrected chi connectivity index (χ3v) is 12.8. The summed E-state index contributed by atoms with van der Waals surface area (Å²) in [6.07, 6.45) is 15.3. The SMILES string of the molecule is CCCCC(CC)CN=c1cc2c(=O)n(CC(CC)CCCC)c(=O)c3c(N(Cc4ccccn4)Cc4ccccn4)cc4c(O)n(CC(CC)CCCC)c(=O)c1c4c3-2. The van der Waals surface area contributed by atoms with Crippen molar-refractivity contribution in [1.82, 2.24) is 19.1 Å². The molecule has 60 heavy (non-hydrogen) atoms. The zero-order chi connectivity index (χ0) is 42.8. The molecule has 10 heteroatoms. The monoisotopic (exact) mass is 815 g/mol. The van der Waals surface area contributed by atoms with Crippen LogP contribution in [0.1, 0.15) is 130 Å². The summed E-state index contributed by atoms with van der Waals surface area (Å²) in [6, 6.07) is 15.2. The Morgan fingerprint density at radius 3 is 1.70 bits per heavy atom. The fourth-order valence-electron chi connectivity index (χ4n) is 8.94. The van der Waals surface area contributed by atoms with Crippen LogP contribution in [0.3, 0.4) is 0 Å². The summed E-state index contributed by atoms with van der Waals surface area (Å²) in [5.74, 6) is 0.467. The van der Waals surface area contributed by atoms with Crippen molar-refractivity contribution in [2.45, 2.75) is 145 Å². The van der Waals surface area contributed by atoms with E-state index in [1.807, 2.05) is 42.5 Å². The van der Waals surface area contributed by atoms with E-state index in [-0.39, 0.29) is 28.8 Å². The highest BCUT2D eigenvalue weighted by Crippen LogP contribution is 2.43. The van der Waals surface area contributed by atoms with Crippen LogP contribution in [0, 0.1) is 17.8 Å². The van der Waals surface area contributed by atoms with Gasteiger partial charge in [-0.15, -0.1) is 0 Å². The van der Waals surface area contributed by atoms with Gasteiger partial charge in [0.05, 0.1) is 51.9 Å². The molecule has 4 heterocycles. The number of hydrogen-bond donors (Lipinski definition) is 1. The molecule has 0 fully saturated rings. The van der Waals surface area contributed by atoms with Gasteiger partial charge in [-0.05, 0) is 73.4 Å². The maximum Gasteiger partial charge on any atom is 0.263 e. The molecule has 0 bridgehead atoms. The van der Waals surface area contributed by atoms with Gasteiger partial charge in [0.2, 0.25) is 5.88 Å². The van der Waals surface area contributed by atoms with Crippen LogP contribution in [0.25, 0.3) is 32.7 Å². The summed E-state index contributed by atoms with van der Waals surface area (Å²) in [6.45, 7) is 14.7. The van der Waals surface area contributed by atoms with Crippen molar-refractivity contribution in [2.24, 2.45) is 22.7 Å². The number of benzene rings is 2. The largest absolute Gasteiger partial charge is 0.494 e. The molecule has 1 aliphatic carbocycles. The van der Waals surface area contributed by atoms with Gasteiger partial charge in [0.1, 0.15) is 0 Å². The average molecular weight is 815 g/mol. The minimum Gasteiger partial charge on any atom is -0.494 e. The van der Waals surface area contributed by atoms with Crippen LogP contribution in [0.4, 0.5) is 5.69 Å². The molecular formula is C50H66N6O4. The predicted octanol–water partition coefficient (Wildman–Crippen LogP) is 9.91. The molecule has 3 atom stereocenters. The van der Waals surface area contributed by atoms with Crippen LogP contribution in [-0.4, -0.2) is 30.8 Å². The molecule has 2 aliphatic rings. The number of anilines is 1. The minimum absolute atomic E-state index is 0.133. The molecule has 10 nitrogen and oxygen atoms in total. The van der Waals surface area contributed by atoms with Crippen LogP contribution < -0.4 is 26.9 Å². The van der Waals surface area contributed by atoms with Crippen molar-refractivity contribution in [3.05, 3.63) is 109 Å². The second-order valence-electron chi connectivity index (χ2n) is 16.9. The summed E-state index contributed by atoms with van der Waals surface area (Å²) in [4.78, 5) is 62.0. The Hall–Kier alpha value is -5.12. The highest BCUT2D eigenvalue weighted by atomic mass is 16.3. The van der Waals surface area contributed by atoms with E-state index in [4.69, 9.17) is 4.99 Å². The second-order valence-corrected chi connectivity index (χ2v) is 16.9. The Morgan fingerprint density at radius 1 is 0.650 bits per heavy atom. The van der Waals surface area contributed by atoms with E-state index < -0.39 is 5.56 Å². The zero-order valence-electron chi connectivity index (χ0n) is 36.9. The molecule has 0 radical (unpaired) electrons. The molecule has 1 aromatic carbocycles. The standard InChI is InChI=1S/C50H66N6O4/c1-7-13-20-34(10-4)29-53-41-27-39-44-43-40(48(58)55(49(59)45(41)43)30-35(11-5)21-14-8-2)28-42(46(44)50(60)56(47(39)57)31-36(12-6)22-15-9-3)54(32-37-23-16-18-25-51-37)33-38-24-17-19-26-52-38/h16-19,23-28,34-36,58H,7-15,20-22,29-33H2,1-6H3. The lowest BCUT2D eigenvalue weighted by Crippen LogP contribution is -2.39. The summed E-state index contributed by atoms with van der Waals surface area (Å²) >= 11 is 0. The van der Waals surface area contributed by atoms with E-state index >= 15 is 9.59 Å². The van der Waals surface area contributed by atoms with Crippen LogP contribution in [0.5, 0.6) is 5.88 Å². The van der Waals surface area contributed by atoms with Crippen molar-refractivity contribution in [2.75, 3.05) is 11.4 Å². The lowest BCUT2D eigenvalue weighted by atomic mass is 9.88. The number of pyridine rings is 4. The van der Waals surface area contributed by atoms with E-state index in [1.165, 1.54) is 9.13 Å². The van der Waals surface area contributed by atoms with Crippen molar-refractivity contribution in [3.63, 3.8) is 0 Å². The second kappa shape index (κ2) is 20.9. The fraction of sp³-hybridized carbons (Fsp3) is 0.520. The van der Waals surface area contributed by atoms with Crippen molar-refractivity contribution >= 4 is 27.2 Å². The molecule has 3 unspecified atom stereocenters. The molecule has 4 aromatic rings. The maximum absolute atomic E-state index is 15.3. The molecule has 0 saturated heterocycles. The summed E-state index contributed by atoms with van der Waals surface area (Å²) in [7, 11) is 0. The number of aromatic nitrogens is 4. The van der Waals surface area contributed by atoms with E-state index in [1.54, 1.807) is 18.5 Å². The van der Waals surface area contributed by atoms with Gasteiger partial charge in [0.15, 0.2) is 0 Å². The number of unbranched alkanes of at least 4 members (excludes halogenated alkanes) is 3. The van der Waals surface area contributed by atoms with E-state index in [0.717, 1.165) is 88.4 Å². The topological polar surface area (TPSA) is 123 Å². The van der Waals surface area contributed by atoms with Gasteiger partial charge in [-0.1, -0.05) is 111 Å². The average Bonchev–Trinajstić information content (AvgIpc) is 3.27. The van der Waals surface area contributed by atoms with Gasteiger partial charge in [0, 0.05) is 48.4 Å². The lowest BCUT2D eigenvalue weighted by molar-refractivity contribution is 0.344. The first kappa shape index (κ1) is 44.4. The minimum atomic E-state index is -0.391. The Kier molecular flexibility index (Phi) is 15.5. The molecule has 320 valence electrons. The van der Waals surface area contributed by atoms with Crippen molar-refractivity contribution < 1.29 is 5.11 Å². The third-order valence-electron chi connectivity index (χ3n) is 12.8. The number of nitrogens with zero attached hydrogens (tertiary/aromatic N) is 6. The van der Waals surface area contributed by atoms with E-state index in [0.29, 0.717) is 82.4 Å². The first-order chi connectivity index (χ1) is 29.2. The van der Waals surface area contributed by atoms with Crippen LogP contribution in [-0.2, 0) is 26.2 Å². The number of aromatic hydroxyl groups is 1. The Bertz CT molecular complexity index is 2460. The summed E-state index contributed by atoms with van der Waals surface area (Å²) < 4.78 is 2.97. The molecule has 1 N–H and O–H groups in total. The van der Waals surface area contributed by atoms with E-state index in [2.05, 4.69) is 56.4 Å². The van der Waals surface area contributed by atoms with Gasteiger partial charge in [0.25, 0.3) is 16.7 Å². The Labute approximate surface area is 355 Å². The number of hydrogen-bond acceptors (Lipinski definition) is 8. The first-order valence-corrected chi connectivity index (χ1v) is 22.8. The van der Waals surface area contributed by atoms with Gasteiger partial charge < -0.3 is 10.0 Å². The molecule has 0 saturated carbocycles. The molecule has 0 spiro atoms. The third kappa shape index (κ3) is 9.58. The molecule has 6 rings (SSSR count). The zero-order valence-corrected chi connectivity index (χ0v) is 36.9. The van der Waals surface area contributed by atoms with Crippen molar-refractivity contribution in [1.29, 1.82) is 0 Å². The highest BCUT2D eigenvalue weighted by molar-refractivity contribution is 6.19. The van der Waals surface area contributed by atoms with Crippen LogP contribution >= 0.6 is 0 Å². The van der Waals surface area contributed by atoms with Gasteiger partial charge in [-0.25, -0.2) is 0 Å². The highest BCUT2D eigenvalue weighted by Gasteiger charge is 2.31. The van der Waals surface area contributed by atoms with Gasteiger partial charge in [-0.2, -0.15) is 0 Å². The molecule has 1 aliphatic heterocycles. The number of rotatable bonds is 23. The lowest BCUT2D eigenvalue weighted by Gasteiger charge is -2.29. The quantitative estimate of drug-likeness (QED) is 0.0639. The fourth-order valence-corrected chi connectivity index (χ4v) is 8.94. The van der Waals surface area contributed by atoms with Crippen molar-refractivity contribution in [3.8, 4) is 17.0 Å². The van der Waals surface area contributed by atoms with Crippen LogP contribution in [0.15, 0.2) is 80.3 Å². The van der Waals surface area contributed by atoms with Gasteiger partial charge >= 0.3 is 0 Å². The Morgan fingerprint density at radius 2 is 1.18 bits per heavy atom. The summed E-state index contributed by atoms with van der Waals surface area (Å²) in [5.41, 5.74) is 1.76. The molecule has 3 aromatic heterocycles. The normalized spacial score (nSPS) is 13.8. The predicted molar refractivity (Wildman–Crippen MR) is 246 cm³/mol. The smallest absolute Gasteiger partial charge is 0.263 e. The Balaban J connectivity index is 1.77. The first-order valence-electron chi connectivity index (χ1n) is 22.8. The summed E-state index contributed by atoms with van der Waals surface area (Å²) in [5, 5.41) is 14.5. The molecule has 0 amide bonds. The maximum atomic E-state index is 15.3. The van der Waals surface area contributed by atoms with Crippen LogP contribution in [0.2, 0.25) is 0 Å². The molecular weight excluding hydrogens is 749 g/mol. The van der Waals surface area contributed by atoms with E-state index in [9.17, 15) is 9.90 Å².